The number of benzene rings is 1. The molecule has 0 radical (unpaired) electrons. The van der Waals surface area contributed by atoms with Gasteiger partial charge in [-0.3, -0.25) is 0 Å². The maximum atomic E-state index is 11.0. The molecule has 0 bridgehead atoms. The zero-order valence-electron chi connectivity index (χ0n) is 11.5. The van der Waals surface area contributed by atoms with Crippen LogP contribution in [0.1, 0.15) is 41.4 Å². The fourth-order valence-electron chi connectivity index (χ4n) is 1.86. The largest absolute Gasteiger partial charge is 0.489 e. The first-order valence-electron chi connectivity index (χ1n) is 6.48. The molecule has 0 spiro atoms. The minimum atomic E-state index is -1.04. The molecule has 20 heavy (non-hydrogen) atoms. The van der Waals surface area contributed by atoms with Gasteiger partial charge in [-0.1, -0.05) is 32.0 Å². The number of carbonyl (C=O) groups is 1. The lowest BCUT2D eigenvalue weighted by Gasteiger charge is -2.10. The summed E-state index contributed by atoms with van der Waals surface area (Å²) in [7, 11) is 0. The number of pyridine rings is 1. The molecule has 0 fully saturated rings. The number of ether oxygens (including phenoxy) is 1. The van der Waals surface area contributed by atoms with Gasteiger partial charge in [0, 0.05) is 11.8 Å². The van der Waals surface area contributed by atoms with Crippen LogP contribution in [0.25, 0.3) is 0 Å². The number of hydrogen-bond acceptors (Lipinski definition) is 3. The van der Waals surface area contributed by atoms with Crippen molar-refractivity contribution in [2.24, 2.45) is 0 Å². The highest BCUT2D eigenvalue weighted by Gasteiger charge is 2.11. The highest BCUT2D eigenvalue weighted by atomic mass is 16.5. The van der Waals surface area contributed by atoms with Gasteiger partial charge in [0.05, 0.1) is 0 Å². The molecule has 0 aliphatic rings. The first kappa shape index (κ1) is 14.1. The zero-order chi connectivity index (χ0) is 14.5. The summed E-state index contributed by atoms with van der Waals surface area (Å²) in [6, 6.07) is 11.2. The number of aromatic carboxylic acids is 1. The van der Waals surface area contributed by atoms with E-state index in [0.717, 1.165) is 5.75 Å². The van der Waals surface area contributed by atoms with Crippen LogP contribution in [0.2, 0.25) is 0 Å². The molecule has 2 aromatic rings. The molecule has 1 aromatic heterocycles. The van der Waals surface area contributed by atoms with Crippen LogP contribution in [0, 0.1) is 0 Å². The van der Waals surface area contributed by atoms with Gasteiger partial charge in [-0.25, -0.2) is 9.78 Å². The molecule has 0 aliphatic carbocycles. The van der Waals surface area contributed by atoms with E-state index >= 15 is 0 Å². The van der Waals surface area contributed by atoms with Crippen molar-refractivity contribution in [2.45, 2.75) is 26.4 Å². The van der Waals surface area contributed by atoms with Crippen molar-refractivity contribution in [1.82, 2.24) is 4.98 Å². The van der Waals surface area contributed by atoms with Gasteiger partial charge in [0.1, 0.15) is 12.4 Å². The Balaban J connectivity index is 2.07. The van der Waals surface area contributed by atoms with Crippen molar-refractivity contribution in [3.63, 3.8) is 0 Å². The van der Waals surface area contributed by atoms with Crippen molar-refractivity contribution < 1.29 is 14.6 Å². The highest BCUT2D eigenvalue weighted by molar-refractivity contribution is 5.86. The number of rotatable bonds is 5. The summed E-state index contributed by atoms with van der Waals surface area (Å²) in [5.74, 6) is 0.148. The quantitative estimate of drug-likeness (QED) is 0.904. The van der Waals surface area contributed by atoms with E-state index in [1.165, 1.54) is 11.8 Å². The molecule has 1 heterocycles. The summed E-state index contributed by atoms with van der Waals surface area (Å²) < 4.78 is 5.61. The lowest BCUT2D eigenvalue weighted by molar-refractivity contribution is 0.0687. The summed E-state index contributed by atoms with van der Waals surface area (Å²) in [6.45, 7) is 4.45. The van der Waals surface area contributed by atoms with E-state index < -0.39 is 5.97 Å². The Morgan fingerprint density at radius 1 is 1.25 bits per heavy atom. The molecule has 2 rings (SSSR count). The van der Waals surface area contributed by atoms with Crippen LogP contribution in [0.15, 0.2) is 42.6 Å². The molecule has 1 aromatic carbocycles. The van der Waals surface area contributed by atoms with Crippen molar-refractivity contribution in [3.05, 3.63) is 59.4 Å². The van der Waals surface area contributed by atoms with Gasteiger partial charge >= 0.3 is 5.97 Å². The van der Waals surface area contributed by atoms with Crippen molar-refractivity contribution in [2.75, 3.05) is 0 Å². The van der Waals surface area contributed by atoms with Crippen LogP contribution in [-0.2, 0) is 6.61 Å². The maximum absolute atomic E-state index is 11.0. The van der Waals surface area contributed by atoms with E-state index in [1.807, 2.05) is 24.3 Å². The Labute approximate surface area is 118 Å². The predicted octanol–water partition coefficient (Wildman–Crippen LogP) is 3.48. The molecule has 0 atom stereocenters. The van der Waals surface area contributed by atoms with Crippen LogP contribution in [0.5, 0.6) is 5.75 Å². The Morgan fingerprint density at radius 3 is 2.55 bits per heavy atom. The number of hydrogen-bond donors (Lipinski definition) is 1. The number of carboxylic acids is 1. The summed E-state index contributed by atoms with van der Waals surface area (Å²) in [6.07, 6.45) is 1.46. The first-order valence-corrected chi connectivity index (χ1v) is 6.48. The first-order chi connectivity index (χ1) is 9.58. The SMILES string of the molecule is CC(C)c1ccc(OCc2cccnc2C(=O)O)cc1. The molecular weight excluding hydrogens is 254 g/mol. The Bertz CT molecular complexity index is 591. The Kier molecular flexibility index (Phi) is 4.35. The summed E-state index contributed by atoms with van der Waals surface area (Å²) in [5, 5.41) is 9.04. The average Bonchev–Trinajstić information content (AvgIpc) is 2.45. The molecule has 0 amide bonds. The van der Waals surface area contributed by atoms with E-state index in [-0.39, 0.29) is 12.3 Å². The predicted molar refractivity (Wildman–Crippen MR) is 76.1 cm³/mol. The molecule has 0 saturated heterocycles. The molecule has 104 valence electrons. The van der Waals surface area contributed by atoms with Crippen molar-refractivity contribution in [3.8, 4) is 5.75 Å². The van der Waals surface area contributed by atoms with E-state index in [4.69, 9.17) is 9.84 Å². The van der Waals surface area contributed by atoms with Gasteiger partial charge in [-0.15, -0.1) is 0 Å². The minimum Gasteiger partial charge on any atom is -0.489 e. The van der Waals surface area contributed by atoms with Crippen LogP contribution in [0.4, 0.5) is 0 Å². The highest BCUT2D eigenvalue weighted by Crippen LogP contribution is 2.19. The minimum absolute atomic E-state index is 0.0336. The van der Waals surface area contributed by atoms with Gasteiger partial charge in [0.15, 0.2) is 5.69 Å². The van der Waals surface area contributed by atoms with Crippen molar-refractivity contribution in [1.29, 1.82) is 0 Å². The molecule has 0 aliphatic heterocycles. The topological polar surface area (TPSA) is 59.4 Å². The lowest BCUT2D eigenvalue weighted by Crippen LogP contribution is -2.07. The van der Waals surface area contributed by atoms with Gasteiger partial charge < -0.3 is 9.84 Å². The lowest BCUT2D eigenvalue weighted by atomic mass is 10.0. The second kappa shape index (κ2) is 6.19. The molecular formula is C16H17NO3. The fraction of sp³-hybridized carbons (Fsp3) is 0.250. The zero-order valence-corrected chi connectivity index (χ0v) is 11.5. The average molecular weight is 271 g/mol. The van der Waals surface area contributed by atoms with Gasteiger partial charge in [-0.2, -0.15) is 0 Å². The standard InChI is InChI=1S/C16H17NO3/c1-11(2)12-5-7-14(8-6-12)20-10-13-4-3-9-17-15(13)16(18)19/h3-9,11H,10H2,1-2H3,(H,18,19). The molecule has 0 saturated carbocycles. The number of nitrogens with zero attached hydrogens (tertiary/aromatic N) is 1. The van der Waals surface area contributed by atoms with Crippen LogP contribution >= 0.6 is 0 Å². The summed E-state index contributed by atoms with van der Waals surface area (Å²) in [4.78, 5) is 14.9. The Hall–Kier alpha value is -2.36. The third kappa shape index (κ3) is 3.35. The molecule has 1 N–H and O–H groups in total. The van der Waals surface area contributed by atoms with E-state index in [2.05, 4.69) is 18.8 Å². The monoisotopic (exact) mass is 271 g/mol. The van der Waals surface area contributed by atoms with Gasteiger partial charge in [-0.05, 0) is 29.7 Å². The summed E-state index contributed by atoms with van der Waals surface area (Å²) in [5.41, 5.74) is 1.84. The Morgan fingerprint density at radius 2 is 1.95 bits per heavy atom. The summed E-state index contributed by atoms with van der Waals surface area (Å²) >= 11 is 0. The van der Waals surface area contributed by atoms with Gasteiger partial charge in [0.25, 0.3) is 0 Å². The normalized spacial score (nSPS) is 10.6. The molecule has 4 heteroatoms. The van der Waals surface area contributed by atoms with E-state index in [1.54, 1.807) is 12.1 Å². The van der Waals surface area contributed by atoms with E-state index in [9.17, 15) is 4.79 Å². The molecule has 0 unspecified atom stereocenters. The molecule has 4 nitrogen and oxygen atoms in total. The number of aromatic nitrogens is 1. The third-order valence-corrected chi connectivity index (χ3v) is 3.03. The smallest absolute Gasteiger partial charge is 0.354 e. The number of carboxylic acid groups (broad SMARTS) is 1. The fourth-order valence-corrected chi connectivity index (χ4v) is 1.86. The third-order valence-electron chi connectivity index (χ3n) is 3.03. The second-order valence-corrected chi connectivity index (χ2v) is 4.83. The van der Waals surface area contributed by atoms with Crippen LogP contribution in [0.3, 0.4) is 0 Å². The second-order valence-electron chi connectivity index (χ2n) is 4.83. The van der Waals surface area contributed by atoms with Gasteiger partial charge in [0.2, 0.25) is 0 Å². The van der Waals surface area contributed by atoms with Crippen LogP contribution < -0.4 is 4.74 Å². The van der Waals surface area contributed by atoms with E-state index in [0.29, 0.717) is 11.5 Å². The van der Waals surface area contributed by atoms with Crippen molar-refractivity contribution >= 4 is 5.97 Å². The maximum Gasteiger partial charge on any atom is 0.354 e. The van der Waals surface area contributed by atoms with Crippen LogP contribution in [-0.4, -0.2) is 16.1 Å².